The van der Waals surface area contributed by atoms with Gasteiger partial charge in [-0.25, -0.2) is 4.98 Å². The molecule has 5 nitrogen and oxygen atoms in total. The van der Waals surface area contributed by atoms with Crippen LogP contribution in [0.5, 0.6) is 0 Å². The van der Waals surface area contributed by atoms with Gasteiger partial charge >= 0.3 is 0 Å². The Labute approximate surface area is 128 Å². The van der Waals surface area contributed by atoms with Crippen molar-refractivity contribution in [2.45, 2.75) is 32.2 Å². The summed E-state index contributed by atoms with van der Waals surface area (Å²) >= 11 is 1.58. The van der Waals surface area contributed by atoms with Crippen LogP contribution in [0, 0.1) is 0 Å². The van der Waals surface area contributed by atoms with E-state index in [0.29, 0.717) is 19.4 Å². The maximum absolute atomic E-state index is 11.7. The first-order valence-corrected chi connectivity index (χ1v) is 7.97. The van der Waals surface area contributed by atoms with Crippen molar-refractivity contribution in [3.63, 3.8) is 0 Å². The molecule has 112 valence electrons. The van der Waals surface area contributed by atoms with Gasteiger partial charge in [-0.2, -0.15) is 0 Å². The highest BCUT2D eigenvalue weighted by atomic mass is 32.1. The minimum atomic E-state index is -0.407. The van der Waals surface area contributed by atoms with Gasteiger partial charge in [0.25, 0.3) is 0 Å². The summed E-state index contributed by atoms with van der Waals surface area (Å²) in [6.07, 6.45) is 4.09. The van der Waals surface area contributed by atoms with E-state index in [1.807, 2.05) is 30.5 Å². The molecular weight excluding hydrogens is 284 g/mol. The summed E-state index contributed by atoms with van der Waals surface area (Å²) in [7, 11) is 0. The highest BCUT2D eigenvalue weighted by Gasteiger charge is 2.11. The first kappa shape index (κ1) is 15.6. The zero-order valence-electron chi connectivity index (χ0n) is 12.1. The Bertz CT molecular complexity index is 570. The van der Waals surface area contributed by atoms with E-state index in [4.69, 9.17) is 5.73 Å². The Hall–Kier alpha value is -1.79. The number of nitrogens with two attached hydrogens (primary N) is 1. The molecule has 2 rings (SSSR count). The summed E-state index contributed by atoms with van der Waals surface area (Å²) in [6, 6.07) is 5.35. The fourth-order valence-electron chi connectivity index (χ4n) is 1.92. The van der Waals surface area contributed by atoms with Crippen molar-refractivity contribution in [1.29, 1.82) is 0 Å². The van der Waals surface area contributed by atoms with Crippen molar-refractivity contribution >= 4 is 17.2 Å². The number of pyridine rings is 1. The molecule has 2 aromatic rings. The lowest BCUT2D eigenvalue weighted by molar-refractivity contribution is -0.122. The zero-order chi connectivity index (χ0) is 15.1. The van der Waals surface area contributed by atoms with Gasteiger partial charge in [0.2, 0.25) is 5.91 Å². The average molecular weight is 304 g/mol. The van der Waals surface area contributed by atoms with Crippen molar-refractivity contribution in [3.8, 4) is 11.4 Å². The summed E-state index contributed by atoms with van der Waals surface area (Å²) in [4.78, 5) is 20.5. The van der Waals surface area contributed by atoms with Crippen LogP contribution in [-0.4, -0.2) is 28.5 Å². The lowest BCUT2D eigenvalue weighted by atomic mass is 10.2. The van der Waals surface area contributed by atoms with Crippen molar-refractivity contribution in [2.24, 2.45) is 5.73 Å². The molecule has 0 aliphatic heterocycles. The van der Waals surface area contributed by atoms with E-state index in [0.717, 1.165) is 22.8 Å². The second kappa shape index (κ2) is 7.85. The van der Waals surface area contributed by atoms with Crippen LogP contribution in [0.15, 0.2) is 29.8 Å². The quantitative estimate of drug-likeness (QED) is 0.819. The molecule has 0 aliphatic carbocycles. The largest absolute Gasteiger partial charge is 0.354 e. The molecule has 1 unspecified atom stereocenters. The minimum absolute atomic E-state index is 0.0849. The molecule has 1 atom stereocenters. The highest BCUT2D eigenvalue weighted by Crippen LogP contribution is 2.19. The summed E-state index contributed by atoms with van der Waals surface area (Å²) in [6.45, 7) is 2.58. The van der Waals surface area contributed by atoms with Gasteiger partial charge in [0.15, 0.2) is 0 Å². The van der Waals surface area contributed by atoms with Crippen LogP contribution < -0.4 is 11.1 Å². The molecular formula is C15H20N4OS. The first-order chi connectivity index (χ1) is 10.2. The highest BCUT2D eigenvalue weighted by molar-refractivity contribution is 7.09. The van der Waals surface area contributed by atoms with E-state index >= 15 is 0 Å². The third kappa shape index (κ3) is 4.61. The SMILES string of the molecule is CCCC(N)C(=O)NCCc1nc(-c2ccccn2)cs1. The predicted molar refractivity (Wildman–Crippen MR) is 84.9 cm³/mol. The molecule has 3 N–H and O–H groups in total. The second-order valence-electron chi connectivity index (χ2n) is 4.78. The van der Waals surface area contributed by atoms with Crippen molar-refractivity contribution in [3.05, 3.63) is 34.8 Å². The van der Waals surface area contributed by atoms with Gasteiger partial charge in [-0.15, -0.1) is 11.3 Å². The number of nitrogens with zero attached hydrogens (tertiary/aromatic N) is 2. The van der Waals surface area contributed by atoms with Crippen LogP contribution in [0.25, 0.3) is 11.4 Å². The predicted octanol–water partition coefficient (Wildman–Crippen LogP) is 1.99. The molecule has 21 heavy (non-hydrogen) atoms. The number of rotatable bonds is 7. The van der Waals surface area contributed by atoms with E-state index in [1.165, 1.54) is 0 Å². The van der Waals surface area contributed by atoms with Gasteiger partial charge < -0.3 is 11.1 Å². The van der Waals surface area contributed by atoms with Crippen LogP contribution in [0.2, 0.25) is 0 Å². The van der Waals surface area contributed by atoms with E-state index in [9.17, 15) is 4.79 Å². The smallest absolute Gasteiger partial charge is 0.236 e. The molecule has 6 heteroatoms. The zero-order valence-corrected chi connectivity index (χ0v) is 12.9. The standard InChI is InChI=1S/C15H20N4OS/c1-2-5-11(16)15(20)18-9-7-14-19-13(10-21-14)12-6-3-4-8-17-12/h3-4,6,8,10-11H,2,5,7,9,16H2,1H3,(H,18,20). The van der Waals surface area contributed by atoms with E-state index in [1.54, 1.807) is 17.5 Å². The molecule has 0 saturated heterocycles. The van der Waals surface area contributed by atoms with E-state index in [-0.39, 0.29) is 5.91 Å². The van der Waals surface area contributed by atoms with Crippen LogP contribution in [0.1, 0.15) is 24.8 Å². The lowest BCUT2D eigenvalue weighted by Gasteiger charge is -2.10. The lowest BCUT2D eigenvalue weighted by Crippen LogP contribution is -2.41. The number of carbonyl (C=O) groups excluding carboxylic acids is 1. The molecule has 0 radical (unpaired) electrons. The molecule has 2 aromatic heterocycles. The molecule has 0 fully saturated rings. The average Bonchev–Trinajstić information content (AvgIpc) is 2.97. The number of carbonyl (C=O) groups is 1. The number of thiazole rings is 1. The molecule has 2 heterocycles. The van der Waals surface area contributed by atoms with Gasteiger partial charge in [0.1, 0.15) is 0 Å². The maximum atomic E-state index is 11.7. The Morgan fingerprint density at radius 3 is 3.00 bits per heavy atom. The summed E-state index contributed by atoms with van der Waals surface area (Å²) in [5.74, 6) is -0.0849. The summed E-state index contributed by atoms with van der Waals surface area (Å²) in [5.41, 5.74) is 7.50. The number of hydrogen-bond acceptors (Lipinski definition) is 5. The van der Waals surface area contributed by atoms with Gasteiger partial charge in [-0.05, 0) is 18.6 Å². The van der Waals surface area contributed by atoms with Crippen molar-refractivity contribution in [2.75, 3.05) is 6.54 Å². The third-order valence-corrected chi connectivity index (χ3v) is 3.96. The Balaban J connectivity index is 1.82. The minimum Gasteiger partial charge on any atom is -0.354 e. The normalized spacial score (nSPS) is 12.1. The van der Waals surface area contributed by atoms with Crippen LogP contribution in [-0.2, 0) is 11.2 Å². The molecule has 0 saturated carbocycles. The molecule has 1 amide bonds. The van der Waals surface area contributed by atoms with Gasteiger partial charge in [0, 0.05) is 24.5 Å². The summed E-state index contributed by atoms with van der Waals surface area (Å²) < 4.78 is 0. The topological polar surface area (TPSA) is 80.9 Å². The van der Waals surface area contributed by atoms with Gasteiger partial charge in [-0.1, -0.05) is 19.4 Å². The van der Waals surface area contributed by atoms with Gasteiger partial charge in [-0.3, -0.25) is 9.78 Å². The maximum Gasteiger partial charge on any atom is 0.236 e. The van der Waals surface area contributed by atoms with Crippen LogP contribution >= 0.6 is 11.3 Å². The third-order valence-electron chi connectivity index (χ3n) is 3.05. The second-order valence-corrected chi connectivity index (χ2v) is 5.72. The number of hydrogen-bond donors (Lipinski definition) is 2. The molecule has 0 aliphatic rings. The Kier molecular flexibility index (Phi) is 5.83. The van der Waals surface area contributed by atoms with Crippen molar-refractivity contribution < 1.29 is 4.79 Å². The Morgan fingerprint density at radius 2 is 2.29 bits per heavy atom. The molecule has 0 spiro atoms. The number of aromatic nitrogens is 2. The van der Waals surface area contributed by atoms with E-state index < -0.39 is 6.04 Å². The molecule has 0 aromatic carbocycles. The fourth-order valence-corrected chi connectivity index (χ4v) is 2.72. The number of nitrogens with one attached hydrogen (secondary N) is 1. The molecule has 0 bridgehead atoms. The van der Waals surface area contributed by atoms with Gasteiger partial charge in [0.05, 0.1) is 22.4 Å². The van der Waals surface area contributed by atoms with E-state index in [2.05, 4.69) is 15.3 Å². The monoisotopic (exact) mass is 304 g/mol. The van der Waals surface area contributed by atoms with Crippen molar-refractivity contribution in [1.82, 2.24) is 15.3 Å². The van der Waals surface area contributed by atoms with Crippen LogP contribution in [0.3, 0.4) is 0 Å². The summed E-state index contributed by atoms with van der Waals surface area (Å²) in [5, 5.41) is 5.83. The fraction of sp³-hybridized carbons (Fsp3) is 0.400. The van der Waals surface area contributed by atoms with Crippen LogP contribution in [0.4, 0.5) is 0 Å². The Morgan fingerprint density at radius 1 is 1.43 bits per heavy atom. The number of amides is 1. The first-order valence-electron chi connectivity index (χ1n) is 7.09.